The first kappa shape index (κ1) is 14.3. The Morgan fingerprint density at radius 2 is 1.77 bits per heavy atom. The third-order valence-electron chi connectivity index (χ3n) is 3.77. The molecule has 0 spiro atoms. The van der Waals surface area contributed by atoms with Gasteiger partial charge in [0, 0.05) is 6.07 Å². The Kier molecular flexibility index (Phi) is 3.20. The van der Waals surface area contributed by atoms with Gasteiger partial charge in [0.05, 0.1) is 27.7 Å². The number of hydrogen-bond acceptors (Lipinski definition) is 3. The van der Waals surface area contributed by atoms with Crippen molar-refractivity contribution >= 4 is 16.6 Å². The summed E-state index contributed by atoms with van der Waals surface area (Å²) in [6, 6.07) is 13.1. The molecule has 0 fully saturated rings. The average molecular weight is 295 g/mol. The van der Waals surface area contributed by atoms with Gasteiger partial charge in [-0.1, -0.05) is 39.0 Å². The maximum atomic E-state index is 11.1. The summed E-state index contributed by atoms with van der Waals surface area (Å²) < 4.78 is 1.73. The predicted molar refractivity (Wildman–Crippen MR) is 86.4 cm³/mol. The Labute approximate surface area is 128 Å². The topological polar surface area (TPSA) is 61.0 Å². The Morgan fingerprint density at radius 1 is 1.09 bits per heavy atom. The van der Waals surface area contributed by atoms with Crippen LogP contribution in [-0.4, -0.2) is 14.7 Å². The quantitative estimate of drug-likeness (QED) is 0.525. The Morgan fingerprint density at radius 3 is 2.36 bits per heavy atom. The summed E-state index contributed by atoms with van der Waals surface area (Å²) in [4.78, 5) is 10.7. The molecule has 1 heterocycles. The van der Waals surface area contributed by atoms with Gasteiger partial charge in [-0.25, -0.2) is 4.68 Å². The van der Waals surface area contributed by atoms with Crippen LogP contribution in [0.25, 0.3) is 16.6 Å². The highest BCUT2D eigenvalue weighted by Gasteiger charge is 2.17. The van der Waals surface area contributed by atoms with Crippen molar-refractivity contribution in [3.05, 3.63) is 64.3 Å². The van der Waals surface area contributed by atoms with Gasteiger partial charge in [0.1, 0.15) is 0 Å². The van der Waals surface area contributed by atoms with Gasteiger partial charge in [-0.2, -0.15) is 5.10 Å². The van der Waals surface area contributed by atoms with Gasteiger partial charge in [0.15, 0.2) is 0 Å². The van der Waals surface area contributed by atoms with Gasteiger partial charge in [0.25, 0.3) is 5.69 Å². The lowest BCUT2D eigenvalue weighted by Gasteiger charge is -2.19. The molecule has 0 amide bonds. The van der Waals surface area contributed by atoms with E-state index in [0.29, 0.717) is 5.39 Å². The normalized spacial score (nSPS) is 11.8. The van der Waals surface area contributed by atoms with Crippen LogP contribution in [0.15, 0.2) is 48.7 Å². The molecule has 2 aromatic carbocycles. The molecule has 3 aromatic rings. The minimum atomic E-state index is -0.378. The van der Waals surface area contributed by atoms with Gasteiger partial charge in [0.2, 0.25) is 0 Å². The lowest BCUT2D eigenvalue weighted by atomic mass is 9.87. The Hall–Kier alpha value is -2.69. The highest BCUT2D eigenvalue weighted by Crippen LogP contribution is 2.28. The monoisotopic (exact) mass is 295 g/mol. The molecule has 5 nitrogen and oxygen atoms in total. The Balaban J connectivity index is 2.11. The number of hydrogen-bond donors (Lipinski definition) is 0. The summed E-state index contributed by atoms with van der Waals surface area (Å²) >= 11 is 0. The van der Waals surface area contributed by atoms with Gasteiger partial charge < -0.3 is 0 Å². The zero-order valence-electron chi connectivity index (χ0n) is 12.8. The van der Waals surface area contributed by atoms with Crippen LogP contribution in [0.5, 0.6) is 0 Å². The predicted octanol–water partition coefficient (Wildman–Crippen LogP) is 4.23. The molecular weight excluding hydrogens is 278 g/mol. The lowest BCUT2D eigenvalue weighted by molar-refractivity contribution is -0.383. The molecule has 112 valence electrons. The Bertz CT molecular complexity index is 842. The van der Waals surface area contributed by atoms with E-state index in [9.17, 15) is 10.1 Å². The third kappa shape index (κ3) is 2.35. The second-order valence-electron chi connectivity index (χ2n) is 6.32. The van der Waals surface area contributed by atoms with E-state index in [0.717, 1.165) is 11.2 Å². The van der Waals surface area contributed by atoms with Crippen LogP contribution in [-0.2, 0) is 5.41 Å². The zero-order chi connectivity index (χ0) is 15.9. The van der Waals surface area contributed by atoms with Crippen LogP contribution in [0.2, 0.25) is 0 Å². The zero-order valence-corrected chi connectivity index (χ0v) is 12.8. The molecule has 3 rings (SSSR count). The van der Waals surface area contributed by atoms with E-state index >= 15 is 0 Å². The number of aromatic nitrogens is 2. The number of rotatable bonds is 2. The molecule has 0 radical (unpaired) electrons. The summed E-state index contributed by atoms with van der Waals surface area (Å²) in [5.41, 5.74) is 3.03. The van der Waals surface area contributed by atoms with Crippen molar-refractivity contribution in [1.29, 1.82) is 0 Å². The van der Waals surface area contributed by atoms with Crippen LogP contribution < -0.4 is 0 Å². The standard InChI is InChI=1S/C17H17N3O2/c1-17(2,3)12-7-9-13(10-8-12)19-15-5-4-6-16(20(21)22)14(15)11-18-19/h4-11H,1-3H3. The molecule has 0 unspecified atom stereocenters. The highest BCUT2D eigenvalue weighted by molar-refractivity contribution is 5.88. The molecule has 0 aliphatic rings. The van der Waals surface area contributed by atoms with Crippen molar-refractivity contribution in [2.75, 3.05) is 0 Å². The summed E-state index contributed by atoms with van der Waals surface area (Å²) in [6.45, 7) is 6.48. The molecule has 0 aliphatic carbocycles. The number of benzene rings is 2. The maximum Gasteiger partial charge on any atom is 0.280 e. The minimum absolute atomic E-state index is 0.0788. The van der Waals surface area contributed by atoms with Crippen molar-refractivity contribution < 1.29 is 4.92 Å². The van der Waals surface area contributed by atoms with E-state index in [-0.39, 0.29) is 16.0 Å². The SMILES string of the molecule is CC(C)(C)c1ccc(-n2ncc3c([N+](=O)[O-])cccc32)cc1. The molecule has 0 saturated carbocycles. The van der Waals surface area contributed by atoms with E-state index in [1.807, 2.05) is 18.2 Å². The molecule has 0 atom stereocenters. The van der Waals surface area contributed by atoms with Crippen molar-refractivity contribution in [2.24, 2.45) is 0 Å². The number of non-ortho nitro benzene ring substituents is 1. The maximum absolute atomic E-state index is 11.1. The number of fused-ring (bicyclic) bond motifs is 1. The molecule has 5 heteroatoms. The average Bonchev–Trinajstić information content (AvgIpc) is 2.90. The molecule has 22 heavy (non-hydrogen) atoms. The first-order valence-corrected chi connectivity index (χ1v) is 7.10. The number of nitro groups is 1. The summed E-state index contributed by atoms with van der Waals surface area (Å²) in [5, 5.41) is 15.9. The van der Waals surface area contributed by atoms with E-state index in [2.05, 4.69) is 38.0 Å². The van der Waals surface area contributed by atoms with Gasteiger partial charge in [-0.3, -0.25) is 10.1 Å². The second-order valence-corrected chi connectivity index (χ2v) is 6.32. The summed E-state index contributed by atoms with van der Waals surface area (Å²) in [7, 11) is 0. The molecule has 0 bridgehead atoms. The van der Waals surface area contributed by atoms with Crippen molar-refractivity contribution in [3.63, 3.8) is 0 Å². The fraction of sp³-hybridized carbons (Fsp3) is 0.235. The van der Waals surface area contributed by atoms with Crippen molar-refractivity contribution in [2.45, 2.75) is 26.2 Å². The molecule has 0 aliphatic heterocycles. The third-order valence-corrected chi connectivity index (χ3v) is 3.77. The summed E-state index contributed by atoms with van der Waals surface area (Å²) in [5.74, 6) is 0. The minimum Gasteiger partial charge on any atom is -0.258 e. The molecular formula is C17H17N3O2. The second kappa shape index (κ2) is 4.94. The van der Waals surface area contributed by atoms with E-state index in [1.54, 1.807) is 16.9 Å². The van der Waals surface area contributed by atoms with Crippen LogP contribution in [0, 0.1) is 10.1 Å². The molecule has 0 N–H and O–H groups in total. The van der Waals surface area contributed by atoms with Crippen LogP contribution in [0.1, 0.15) is 26.3 Å². The largest absolute Gasteiger partial charge is 0.280 e. The fourth-order valence-electron chi connectivity index (χ4n) is 2.50. The summed E-state index contributed by atoms with van der Waals surface area (Å²) in [6.07, 6.45) is 1.55. The van der Waals surface area contributed by atoms with E-state index < -0.39 is 0 Å². The van der Waals surface area contributed by atoms with Crippen LogP contribution in [0.3, 0.4) is 0 Å². The molecule has 1 aromatic heterocycles. The van der Waals surface area contributed by atoms with Gasteiger partial charge in [-0.05, 0) is 29.2 Å². The lowest BCUT2D eigenvalue weighted by Crippen LogP contribution is -2.10. The van der Waals surface area contributed by atoms with Crippen molar-refractivity contribution in [3.8, 4) is 5.69 Å². The molecule has 0 saturated heterocycles. The van der Waals surface area contributed by atoms with E-state index in [4.69, 9.17) is 0 Å². The number of nitrogens with zero attached hydrogens (tertiary/aromatic N) is 3. The highest BCUT2D eigenvalue weighted by atomic mass is 16.6. The van der Waals surface area contributed by atoms with Crippen molar-refractivity contribution in [1.82, 2.24) is 9.78 Å². The fourth-order valence-corrected chi connectivity index (χ4v) is 2.50. The van der Waals surface area contributed by atoms with E-state index in [1.165, 1.54) is 11.6 Å². The smallest absolute Gasteiger partial charge is 0.258 e. The van der Waals surface area contributed by atoms with Crippen LogP contribution >= 0.6 is 0 Å². The van der Waals surface area contributed by atoms with Gasteiger partial charge in [-0.15, -0.1) is 0 Å². The first-order chi connectivity index (χ1) is 10.4. The number of nitro benzene ring substituents is 1. The van der Waals surface area contributed by atoms with Crippen LogP contribution in [0.4, 0.5) is 5.69 Å². The van der Waals surface area contributed by atoms with Gasteiger partial charge >= 0.3 is 0 Å². The first-order valence-electron chi connectivity index (χ1n) is 7.10.